The minimum absolute atomic E-state index is 0.114. The zero-order valence-corrected chi connectivity index (χ0v) is 31.2. The molecule has 1 saturated heterocycles. The van der Waals surface area contributed by atoms with Crippen LogP contribution in [0, 0.1) is 5.92 Å². The number of nitrogens with zero attached hydrogens (tertiary/aromatic N) is 3. The standard InChI is InChI=1S/C41H43FN4O6Si/c1-25-38(53(3,4)42)36(21-37(48)44-23-28-10-6-5-9-27(28)19-30(44)24-47)52-41(25)33-20-31(51-2)17-18-35(33)45(40(41)50)22-26-13-15-29(16-14-26)46-39(49)32-11-7-8-12-34(32)43-46/h5-18,20,25,30,36,38,43,47H,19,21-24H2,1-4H3/t25-,30-,36+,38-,41+/m0/s1. The largest absolute Gasteiger partial charge is 0.497 e. The number of ether oxygens (including phenoxy) is 2. The lowest BCUT2D eigenvalue weighted by Gasteiger charge is -2.37. The van der Waals surface area contributed by atoms with Crippen molar-refractivity contribution in [1.29, 1.82) is 0 Å². The fourth-order valence-electron chi connectivity index (χ4n) is 9.02. The zero-order chi connectivity index (χ0) is 37.2. The molecule has 1 fully saturated rings. The van der Waals surface area contributed by atoms with Gasteiger partial charge < -0.3 is 28.5 Å². The van der Waals surface area contributed by atoms with Crippen LogP contribution in [-0.2, 0) is 39.4 Å². The Morgan fingerprint density at radius 3 is 2.43 bits per heavy atom. The molecule has 53 heavy (non-hydrogen) atoms. The third-order valence-corrected chi connectivity index (χ3v) is 14.0. The third-order valence-electron chi connectivity index (χ3n) is 11.6. The van der Waals surface area contributed by atoms with Crippen molar-refractivity contribution in [2.75, 3.05) is 18.6 Å². The number of hydrogen-bond acceptors (Lipinski definition) is 6. The summed E-state index contributed by atoms with van der Waals surface area (Å²) in [5.74, 6) is -0.615. The van der Waals surface area contributed by atoms with Crippen LogP contribution in [0.4, 0.5) is 9.80 Å². The Morgan fingerprint density at radius 2 is 1.74 bits per heavy atom. The van der Waals surface area contributed by atoms with E-state index in [1.54, 1.807) is 48.2 Å². The van der Waals surface area contributed by atoms with Crippen LogP contribution < -0.4 is 15.2 Å². The summed E-state index contributed by atoms with van der Waals surface area (Å²) in [6.07, 6.45) is -0.453. The molecule has 0 unspecified atom stereocenters. The Bertz CT molecular complexity index is 2280. The van der Waals surface area contributed by atoms with E-state index in [2.05, 4.69) is 5.10 Å². The van der Waals surface area contributed by atoms with Crippen molar-refractivity contribution in [3.05, 3.63) is 124 Å². The van der Waals surface area contributed by atoms with E-state index in [-0.39, 0.29) is 36.9 Å². The van der Waals surface area contributed by atoms with Gasteiger partial charge in [0, 0.05) is 23.6 Å². The summed E-state index contributed by atoms with van der Waals surface area (Å²) in [5, 5.41) is 14.0. The SMILES string of the molecule is COc1ccc2c(c1)[C@@]1(O[C@H](CC(=O)N3Cc4ccccc4C[C@H]3CO)[C@@H]([Si](C)(C)F)[C@@H]1C)C(=O)N2Cc1ccc(-n2[nH]c3ccccc3c2=O)cc1. The summed E-state index contributed by atoms with van der Waals surface area (Å²) in [7, 11) is -1.99. The summed E-state index contributed by atoms with van der Waals surface area (Å²) in [6.45, 7) is 5.45. The summed E-state index contributed by atoms with van der Waals surface area (Å²) in [6, 6.07) is 27.6. The van der Waals surface area contributed by atoms with Gasteiger partial charge in [-0.3, -0.25) is 19.5 Å². The molecule has 5 atom stereocenters. The fourth-order valence-corrected chi connectivity index (χ4v) is 11.5. The van der Waals surface area contributed by atoms with Crippen molar-refractivity contribution in [1.82, 2.24) is 14.7 Å². The first-order chi connectivity index (χ1) is 25.4. The molecule has 0 saturated carbocycles. The number of carbonyl (C=O) groups is 2. The lowest BCUT2D eigenvalue weighted by molar-refractivity contribution is -0.151. The van der Waals surface area contributed by atoms with Crippen molar-refractivity contribution >= 4 is 36.8 Å². The number of carbonyl (C=O) groups excluding carboxylic acids is 2. The second kappa shape index (κ2) is 13.1. The Kier molecular flexibility index (Phi) is 8.66. The maximum absolute atomic E-state index is 16.5. The van der Waals surface area contributed by atoms with Gasteiger partial charge >= 0.3 is 0 Å². The monoisotopic (exact) mass is 734 g/mol. The van der Waals surface area contributed by atoms with Crippen LogP contribution >= 0.6 is 0 Å². The number of nitrogens with one attached hydrogen (secondary N) is 1. The van der Waals surface area contributed by atoms with Crippen LogP contribution in [0.2, 0.25) is 18.6 Å². The molecule has 0 bridgehead atoms. The number of rotatable bonds is 8. The lowest BCUT2D eigenvalue weighted by Crippen LogP contribution is -2.48. The quantitative estimate of drug-likeness (QED) is 0.150. The molecule has 3 aliphatic rings. The summed E-state index contributed by atoms with van der Waals surface area (Å²) >= 11 is 0. The molecule has 2 N–H and O–H groups in total. The summed E-state index contributed by atoms with van der Waals surface area (Å²) in [5.41, 5.74) is 3.18. The molecular weight excluding hydrogens is 692 g/mol. The molecule has 8 rings (SSSR count). The van der Waals surface area contributed by atoms with Crippen LogP contribution in [0.1, 0.15) is 35.6 Å². The first kappa shape index (κ1) is 35.0. The molecule has 274 valence electrons. The molecule has 2 amide bonds. The van der Waals surface area contributed by atoms with Gasteiger partial charge in [-0.2, -0.15) is 0 Å². The molecule has 0 radical (unpaired) electrons. The number of aliphatic hydroxyl groups excluding tert-OH is 1. The van der Waals surface area contributed by atoms with Gasteiger partial charge in [0.05, 0.1) is 61.1 Å². The van der Waals surface area contributed by atoms with E-state index in [0.717, 1.165) is 22.2 Å². The van der Waals surface area contributed by atoms with Gasteiger partial charge in [0.2, 0.25) is 14.3 Å². The number of benzene rings is 4. The molecule has 0 aliphatic carbocycles. The number of H-pyrrole nitrogens is 1. The normalized spacial score (nSPS) is 23.8. The number of anilines is 1. The van der Waals surface area contributed by atoms with E-state index < -0.39 is 37.6 Å². The molecule has 4 aromatic carbocycles. The fraction of sp³-hybridized carbons (Fsp3) is 0.341. The average Bonchev–Trinajstić information content (AvgIpc) is 3.74. The number of hydrogen-bond donors (Lipinski definition) is 2. The Balaban J connectivity index is 1.11. The Labute approximate surface area is 307 Å². The molecule has 1 aromatic heterocycles. The third kappa shape index (κ3) is 5.71. The number of para-hydroxylation sites is 1. The van der Waals surface area contributed by atoms with Crippen LogP contribution in [-0.4, -0.2) is 65.9 Å². The smallest absolute Gasteiger partial charge is 0.279 e. The predicted molar refractivity (Wildman–Crippen MR) is 202 cm³/mol. The predicted octanol–water partition coefficient (Wildman–Crippen LogP) is 5.99. The first-order valence-electron chi connectivity index (χ1n) is 18.1. The molecule has 4 heterocycles. The van der Waals surface area contributed by atoms with Gasteiger partial charge in [0.25, 0.3) is 11.5 Å². The molecule has 3 aliphatic heterocycles. The number of amides is 2. The van der Waals surface area contributed by atoms with E-state index >= 15 is 4.11 Å². The minimum Gasteiger partial charge on any atom is -0.497 e. The highest BCUT2D eigenvalue weighted by Gasteiger charge is 2.67. The molecular formula is C41H43FN4O6Si. The van der Waals surface area contributed by atoms with E-state index in [1.807, 2.05) is 79.7 Å². The van der Waals surface area contributed by atoms with Crippen molar-refractivity contribution in [2.45, 2.75) is 69.2 Å². The van der Waals surface area contributed by atoms with E-state index in [4.69, 9.17) is 9.47 Å². The van der Waals surface area contributed by atoms with E-state index in [1.165, 1.54) is 4.68 Å². The molecule has 1 spiro atoms. The summed E-state index contributed by atoms with van der Waals surface area (Å²) in [4.78, 5) is 45.5. The van der Waals surface area contributed by atoms with Gasteiger partial charge in [-0.1, -0.05) is 55.5 Å². The van der Waals surface area contributed by atoms with Crippen LogP contribution in [0.15, 0.2) is 95.8 Å². The Hall–Kier alpha value is -5.04. The second-order valence-corrected chi connectivity index (χ2v) is 18.8. The number of fused-ring (bicyclic) bond motifs is 4. The van der Waals surface area contributed by atoms with Crippen LogP contribution in [0.5, 0.6) is 5.75 Å². The number of aromatic nitrogens is 2. The highest BCUT2D eigenvalue weighted by molar-refractivity contribution is 6.72. The topological polar surface area (TPSA) is 117 Å². The maximum atomic E-state index is 16.5. The maximum Gasteiger partial charge on any atom is 0.279 e. The first-order valence-corrected chi connectivity index (χ1v) is 21.0. The van der Waals surface area contributed by atoms with Gasteiger partial charge in [-0.15, -0.1) is 0 Å². The highest BCUT2D eigenvalue weighted by Crippen LogP contribution is 2.60. The van der Waals surface area contributed by atoms with Crippen LogP contribution in [0.25, 0.3) is 16.6 Å². The van der Waals surface area contributed by atoms with E-state index in [9.17, 15) is 19.5 Å². The Morgan fingerprint density at radius 1 is 1.02 bits per heavy atom. The van der Waals surface area contributed by atoms with Crippen molar-refractivity contribution < 1.29 is 28.3 Å². The zero-order valence-electron chi connectivity index (χ0n) is 30.2. The van der Waals surface area contributed by atoms with E-state index in [0.29, 0.717) is 41.0 Å². The number of halogens is 1. The average molecular weight is 735 g/mol. The van der Waals surface area contributed by atoms with Gasteiger partial charge in [0.15, 0.2) is 5.60 Å². The molecule has 10 nitrogen and oxygen atoms in total. The van der Waals surface area contributed by atoms with Crippen molar-refractivity contribution in [2.24, 2.45) is 5.92 Å². The number of methoxy groups -OCH3 is 1. The van der Waals surface area contributed by atoms with Crippen molar-refractivity contribution in [3.63, 3.8) is 0 Å². The molecule has 12 heteroatoms. The van der Waals surface area contributed by atoms with Gasteiger partial charge in [0.1, 0.15) is 5.75 Å². The second-order valence-electron chi connectivity index (χ2n) is 15.0. The van der Waals surface area contributed by atoms with Crippen molar-refractivity contribution in [3.8, 4) is 11.4 Å². The lowest BCUT2D eigenvalue weighted by atomic mass is 9.82. The minimum atomic E-state index is -3.55. The van der Waals surface area contributed by atoms with Gasteiger partial charge in [-0.05, 0) is 78.7 Å². The van der Waals surface area contributed by atoms with Gasteiger partial charge in [-0.25, -0.2) is 4.68 Å². The number of aromatic amines is 1. The summed E-state index contributed by atoms with van der Waals surface area (Å²) < 4.78 is 30.5. The molecule has 5 aromatic rings. The highest BCUT2D eigenvalue weighted by atomic mass is 28.4. The number of aliphatic hydroxyl groups is 1. The van der Waals surface area contributed by atoms with Crippen LogP contribution in [0.3, 0.4) is 0 Å².